The third kappa shape index (κ3) is 3.72. The van der Waals surface area contributed by atoms with E-state index in [1.165, 1.54) is 16.8 Å². The van der Waals surface area contributed by atoms with E-state index in [2.05, 4.69) is 10.4 Å². The monoisotopic (exact) mass is 443 g/mol. The lowest BCUT2D eigenvalue weighted by molar-refractivity contribution is -0.136. The summed E-state index contributed by atoms with van der Waals surface area (Å²) in [5, 5.41) is 9.73. The fraction of sp³-hybridized carbons (Fsp3) is 0.391. The molecule has 5 nitrogen and oxygen atoms in total. The number of carbonyl (C=O) groups is 1. The largest absolute Gasteiger partial charge is 0.493 e. The van der Waals surface area contributed by atoms with Gasteiger partial charge in [0.1, 0.15) is 27.3 Å². The van der Waals surface area contributed by atoms with Crippen LogP contribution in [0.2, 0.25) is 0 Å². The van der Waals surface area contributed by atoms with Crippen LogP contribution in [0, 0.1) is 17.6 Å². The first-order chi connectivity index (χ1) is 15.1. The summed E-state index contributed by atoms with van der Waals surface area (Å²) in [6.07, 6.45) is 2.77. The highest BCUT2D eigenvalue weighted by atomic mass is 32.2. The van der Waals surface area contributed by atoms with Crippen molar-refractivity contribution in [3.63, 3.8) is 0 Å². The Kier molecular flexibility index (Phi) is 5.44. The molecule has 0 radical (unpaired) electrons. The van der Waals surface area contributed by atoms with Crippen LogP contribution in [0.5, 0.6) is 5.75 Å². The van der Waals surface area contributed by atoms with Gasteiger partial charge in [0.2, 0.25) is 5.91 Å². The smallest absolute Gasteiger partial charge is 0.244 e. The van der Waals surface area contributed by atoms with Crippen molar-refractivity contribution < 1.29 is 18.3 Å². The fourth-order valence-corrected chi connectivity index (χ4v) is 5.92. The second kappa shape index (κ2) is 8.24. The molecule has 1 amide bonds. The third-order valence-electron chi connectivity index (χ3n) is 6.12. The van der Waals surface area contributed by atoms with E-state index in [1.807, 2.05) is 24.3 Å². The summed E-state index contributed by atoms with van der Waals surface area (Å²) in [7, 11) is 0. The maximum absolute atomic E-state index is 14.6. The summed E-state index contributed by atoms with van der Waals surface area (Å²) in [6.45, 7) is 2.21. The van der Waals surface area contributed by atoms with Crippen LogP contribution < -0.4 is 10.1 Å². The second-order valence-corrected chi connectivity index (χ2v) is 9.38. The van der Waals surface area contributed by atoms with Gasteiger partial charge in [-0.25, -0.2) is 13.8 Å². The number of amides is 1. The summed E-state index contributed by atoms with van der Waals surface area (Å²) in [4.78, 5) is 12.7. The van der Waals surface area contributed by atoms with Crippen molar-refractivity contribution in [2.75, 3.05) is 19.7 Å². The number of benzene rings is 2. The first-order valence-electron chi connectivity index (χ1n) is 10.6. The summed E-state index contributed by atoms with van der Waals surface area (Å²) in [5.41, 5.74) is 0.908. The highest BCUT2D eigenvalue weighted by Gasteiger charge is 2.52. The Labute approximate surface area is 183 Å². The molecule has 1 spiro atoms. The van der Waals surface area contributed by atoms with Crippen LogP contribution in [0.25, 0.3) is 0 Å². The van der Waals surface area contributed by atoms with Crippen LogP contribution >= 0.6 is 11.8 Å². The summed E-state index contributed by atoms with van der Waals surface area (Å²) in [5.74, 6) is -0.215. The molecule has 8 heteroatoms. The topological polar surface area (TPSA) is 53.9 Å². The molecule has 2 aromatic rings. The molecular formula is C23H23F2N3O2S. The minimum atomic E-state index is -0.826. The number of hydrogen-bond acceptors (Lipinski definition) is 5. The summed E-state index contributed by atoms with van der Waals surface area (Å²) < 4.78 is 34.3. The molecule has 1 saturated heterocycles. The number of nitrogens with zero attached hydrogens (tertiary/aromatic N) is 2. The number of thioether (sulfide) groups is 1. The predicted molar refractivity (Wildman–Crippen MR) is 116 cm³/mol. The molecule has 162 valence electrons. The Balaban J connectivity index is 1.55. The number of halogens is 2. The van der Waals surface area contributed by atoms with Crippen molar-refractivity contribution in [2.24, 2.45) is 11.0 Å². The quantitative estimate of drug-likeness (QED) is 0.772. The van der Waals surface area contributed by atoms with Crippen molar-refractivity contribution in [3.8, 4) is 5.75 Å². The number of carbonyl (C=O) groups excluding carboxylic acids is 1. The zero-order valence-electron chi connectivity index (χ0n) is 16.9. The van der Waals surface area contributed by atoms with Crippen LogP contribution in [0.4, 0.5) is 8.78 Å². The molecule has 1 N–H and O–H groups in total. The zero-order valence-corrected chi connectivity index (χ0v) is 17.8. The normalized spacial score (nSPS) is 23.4. The van der Waals surface area contributed by atoms with Gasteiger partial charge in [-0.3, -0.25) is 4.79 Å². The minimum Gasteiger partial charge on any atom is -0.493 e. The van der Waals surface area contributed by atoms with E-state index in [4.69, 9.17) is 4.74 Å². The molecule has 0 aromatic heterocycles. The van der Waals surface area contributed by atoms with Crippen molar-refractivity contribution in [3.05, 3.63) is 65.2 Å². The van der Waals surface area contributed by atoms with E-state index >= 15 is 0 Å². The van der Waals surface area contributed by atoms with Gasteiger partial charge in [0, 0.05) is 24.0 Å². The predicted octanol–water partition coefficient (Wildman–Crippen LogP) is 4.23. The lowest BCUT2D eigenvalue weighted by atomic mass is 9.93. The van der Waals surface area contributed by atoms with Gasteiger partial charge < -0.3 is 10.1 Å². The van der Waals surface area contributed by atoms with Gasteiger partial charge in [0.05, 0.1) is 6.61 Å². The van der Waals surface area contributed by atoms with Crippen molar-refractivity contribution >= 4 is 22.7 Å². The average Bonchev–Trinajstić information content (AvgIpc) is 3.16. The number of rotatable bonds is 3. The van der Waals surface area contributed by atoms with E-state index in [-0.39, 0.29) is 17.4 Å². The first kappa shape index (κ1) is 20.5. The zero-order chi connectivity index (χ0) is 21.4. The molecule has 2 aromatic carbocycles. The van der Waals surface area contributed by atoms with E-state index < -0.39 is 16.5 Å². The first-order valence-corrected chi connectivity index (χ1v) is 11.4. The Morgan fingerprint density at radius 2 is 2.03 bits per heavy atom. The highest BCUT2D eigenvalue weighted by molar-refractivity contribution is 8.15. The van der Waals surface area contributed by atoms with E-state index in [0.717, 1.165) is 49.7 Å². The molecule has 0 aliphatic carbocycles. The molecule has 1 atom stereocenters. The van der Waals surface area contributed by atoms with Crippen LogP contribution in [-0.2, 0) is 9.67 Å². The molecule has 1 fully saturated rings. The Hall–Kier alpha value is -2.45. The van der Waals surface area contributed by atoms with E-state index in [0.29, 0.717) is 30.2 Å². The molecule has 0 bridgehead atoms. The van der Waals surface area contributed by atoms with Gasteiger partial charge in [-0.2, -0.15) is 5.10 Å². The van der Waals surface area contributed by atoms with Gasteiger partial charge >= 0.3 is 0 Å². The van der Waals surface area contributed by atoms with E-state index in [9.17, 15) is 13.6 Å². The van der Waals surface area contributed by atoms with Crippen molar-refractivity contribution in [1.82, 2.24) is 10.3 Å². The van der Waals surface area contributed by atoms with Crippen LogP contribution in [0.15, 0.2) is 47.6 Å². The number of hydrogen-bond donors (Lipinski definition) is 1. The van der Waals surface area contributed by atoms with Crippen molar-refractivity contribution in [2.45, 2.75) is 30.6 Å². The molecule has 0 saturated carbocycles. The van der Waals surface area contributed by atoms with Gasteiger partial charge in [0.25, 0.3) is 0 Å². The Bertz CT molecular complexity index is 1040. The molecule has 3 heterocycles. The number of nitrogens with one attached hydrogen (secondary N) is 1. The number of ether oxygens (including phenoxy) is 1. The van der Waals surface area contributed by atoms with Gasteiger partial charge in [-0.1, -0.05) is 30.0 Å². The maximum Gasteiger partial charge on any atom is 0.244 e. The van der Waals surface area contributed by atoms with Crippen molar-refractivity contribution in [1.29, 1.82) is 0 Å². The SMILES string of the molecule is O=C(CC1CCNCC1)N1N=C(c2cc(F)ccc2F)SC12CCOc1ccccc12. The number of fused-ring (bicyclic) bond motifs is 2. The Morgan fingerprint density at radius 1 is 1.23 bits per heavy atom. The molecule has 31 heavy (non-hydrogen) atoms. The molecule has 1 unspecified atom stereocenters. The number of hydrazone groups is 1. The fourth-order valence-electron chi connectivity index (χ4n) is 4.52. The minimum absolute atomic E-state index is 0.0746. The lowest BCUT2D eigenvalue weighted by Crippen LogP contribution is -2.45. The second-order valence-electron chi connectivity index (χ2n) is 8.11. The average molecular weight is 444 g/mol. The van der Waals surface area contributed by atoms with Crippen LogP contribution in [0.1, 0.15) is 36.8 Å². The van der Waals surface area contributed by atoms with Gasteiger partial charge in [-0.05, 0) is 56.1 Å². The van der Waals surface area contributed by atoms with Crippen LogP contribution in [-0.4, -0.2) is 35.7 Å². The summed E-state index contributed by atoms with van der Waals surface area (Å²) in [6, 6.07) is 10.9. The molecule has 3 aliphatic heterocycles. The number of para-hydroxylation sites is 1. The number of piperidine rings is 1. The van der Waals surface area contributed by atoms with Gasteiger partial charge in [0.15, 0.2) is 0 Å². The van der Waals surface area contributed by atoms with Gasteiger partial charge in [-0.15, -0.1) is 0 Å². The highest BCUT2D eigenvalue weighted by Crippen LogP contribution is 2.54. The third-order valence-corrected chi connectivity index (χ3v) is 7.55. The maximum atomic E-state index is 14.6. The van der Waals surface area contributed by atoms with Crippen LogP contribution in [0.3, 0.4) is 0 Å². The summed E-state index contributed by atoms with van der Waals surface area (Å²) >= 11 is 1.31. The molecule has 5 rings (SSSR count). The molecular weight excluding hydrogens is 420 g/mol. The standard InChI is InChI=1S/C23H23F2N3O2S/c24-16-5-6-19(25)17(14-16)22-27-28(21(29)13-15-7-10-26-11-8-15)23(31-22)9-12-30-20-4-2-1-3-18(20)23/h1-6,14-15,26H,7-13H2. The molecule has 3 aliphatic rings. The lowest BCUT2D eigenvalue weighted by Gasteiger charge is -2.40. The van der Waals surface area contributed by atoms with E-state index in [1.54, 1.807) is 0 Å². The Morgan fingerprint density at radius 3 is 2.87 bits per heavy atom.